The van der Waals surface area contributed by atoms with Crippen molar-refractivity contribution in [2.75, 3.05) is 18.2 Å². The summed E-state index contributed by atoms with van der Waals surface area (Å²) in [6.07, 6.45) is 0. The summed E-state index contributed by atoms with van der Waals surface area (Å²) in [6.45, 7) is 0.292. The fourth-order valence-corrected chi connectivity index (χ4v) is 4.37. The van der Waals surface area contributed by atoms with Crippen LogP contribution in [0.4, 0.5) is 8.78 Å². The summed E-state index contributed by atoms with van der Waals surface area (Å²) in [7, 11) is -4.04. The zero-order chi connectivity index (χ0) is 11.8. The van der Waals surface area contributed by atoms with Crippen LogP contribution in [0.15, 0.2) is 23.1 Å². The SMILES string of the molecule is O=S(=O)(c1c(F)cccc1F)N1CCSC1. The number of benzene rings is 1. The van der Waals surface area contributed by atoms with Crippen molar-refractivity contribution in [2.24, 2.45) is 0 Å². The molecular formula is C9H9F2NO2S2. The van der Waals surface area contributed by atoms with Crippen LogP contribution in [0.1, 0.15) is 0 Å². The van der Waals surface area contributed by atoms with Crippen LogP contribution in [0, 0.1) is 11.6 Å². The Hall–Kier alpha value is -0.660. The van der Waals surface area contributed by atoms with Gasteiger partial charge in [0.1, 0.15) is 11.6 Å². The van der Waals surface area contributed by atoms with Gasteiger partial charge in [-0.2, -0.15) is 4.31 Å². The van der Waals surface area contributed by atoms with Gasteiger partial charge in [0, 0.05) is 12.3 Å². The van der Waals surface area contributed by atoms with Gasteiger partial charge in [0.2, 0.25) is 10.0 Å². The van der Waals surface area contributed by atoms with E-state index in [9.17, 15) is 17.2 Å². The van der Waals surface area contributed by atoms with Crippen molar-refractivity contribution < 1.29 is 17.2 Å². The molecule has 2 rings (SSSR count). The standard InChI is InChI=1S/C9H9F2NO2S2/c10-7-2-1-3-8(11)9(7)16(13,14)12-4-5-15-6-12/h1-3H,4-6H2. The predicted molar refractivity (Wildman–Crippen MR) is 57.6 cm³/mol. The van der Waals surface area contributed by atoms with Crippen LogP contribution in [0.3, 0.4) is 0 Å². The lowest BCUT2D eigenvalue weighted by molar-refractivity contribution is 0.464. The maximum absolute atomic E-state index is 13.3. The number of sulfonamides is 1. The number of rotatable bonds is 2. The maximum atomic E-state index is 13.3. The summed E-state index contributed by atoms with van der Waals surface area (Å²) in [5, 5.41) is 0. The second kappa shape index (κ2) is 4.31. The average molecular weight is 265 g/mol. The number of thioether (sulfide) groups is 1. The molecule has 1 aromatic carbocycles. The molecule has 1 saturated heterocycles. The van der Waals surface area contributed by atoms with Crippen LogP contribution < -0.4 is 0 Å². The Kier molecular flexibility index (Phi) is 3.18. The van der Waals surface area contributed by atoms with Gasteiger partial charge in [-0.3, -0.25) is 0 Å². The van der Waals surface area contributed by atoms with Crippen LogP contribution in [0.5, 0.6) is 0 Å². The summed E-state index contributed by atoms with van der Waals surface area (Å²) in [4.78, 5) is -0.850. The van der Waals surface area contributed by atoms with E-state index >= 15 is 0 Å². The van der Waals surface area contributed by atoms with E-state index in [0.717, 1.165) is 22.5 Å². The molecule has 1 heterocycles. The van der Waals surface area contributed by atoms with Crippen LogP contribution >= 0.6 is 11.8 Å². The summed E-state index contributed by atoms with van der Waals surface area (Å²) >= 11 is 1.42. The van der Waals surface area contributed by atoms with E-state index in [1.165, 1.54) is 11.8 Å². The lowest BCUT2D eigenvalue weighted by atomic mass is 10.3. The van der Waals surface area contributed by atoms with Gasteiger partial charge in [0.15, 0.2) is 4.90 Å². The monoisotopic (exact) mass is 265 g/mol. The minimum atomic E-state index is -4.04. The fraction of sp³-hybridized carbons (Fsp3) is 0.333. The third-order valence-corrected chi connectivity index (χ3v) is 5.26. The van der Waals surface area contributed by atoms with Crippen LogP contribution in [-0.4, -0.2) is 30.9 Å². The van der Waals surface area contributed by atoms with Gasteiger partial charge in [0.05, 0.1) is 5.88 Å². The fourth-order valence-electron chi connectivity index (χ4n) is 1.44. The molecule has 0 unspecified atom stereocenters. The summed E-state index contributed by atoms with van der Waals surface area (Å²) in [6, 6.07) is 3.03. The molecule has 0 atom stereocenters. The first-order valence-corrected chi connectivity index (χ1v) is 7.15. The summed E-state index contributed by atoms with van der Waals surface area (Å²) < 4.78 is 51.6. The minimum Gasteiger partial charge on any atom is -0.207 e. The van der Waals surface area contributed by atoms with Crippen molar-refractivity contribution in [1.29, 1.82) is 0 Å². The molecule has 3 nitrogen and oxygen atoms in total. The highest BCUT2D eigenvalue weighted by atomic mass is 32.2. The number of halogens is 2. The molecule has 0 spiro atoms. The van der Waals surface area contributed by atoms with E-state index in [0.29, 0.717) is 12.3 Å². The van der Waals surface area contributed by atoms with Crippen LogP contribution in [-0.2, 0) is 10.0 Å². The van der Waals surface area contributed by atoms with Crippen molar-refractivity contribution >= 4 is 21.8 Å². The molecular weight excluding hydrogens is 256 g/mol. The molecule has 0 amide bonds. The Labute approximate surface area is 96.5 Å². The Morgan fingerprint density at radius 1 is 1.25 bits per heavy atom. The Morgan fingerprint density at radius 2 is 1.88 bits per heavy atom. The highest BCUT2D eigenvalue weighted by Crippen LogP contribution is 2.26. The van der Waals surface area contributed by atoms with E-state index < -0.39 is 26.6 Å². The molecule has 1 aliphatic heterocycles. The lowest BCUT2D eigenvalue weighted by Crippen LogP contribution is -2.29. The van der Waals surface area contributed by atoms with Crippen molar-refractivity contribution in [3.63, 3.8) is 0 Å². The minimum absolute atomic E-state index is 0.246. The second-order valence-corrected chi connectivity index (χ2v) is 6.22. The summed E-state index contributed by atoms with van der Waals surface area (Å²) in [5.41, 5.74) is 0. The Balaban J connectivity index is 2.50. The number of hydrogen-bond donors (Lipinski definition) is 0. The van der Waals surface area contributed by atoms with Crippen molar-refractivity contribution in [3.05, 3.63) is 29.8 Å². The van der Waals surface area contributed by atoms with E-state index in [-0.39, 0.29) is 5.88 Å². The first-order chi connectivity index (χ1) is 7.53. The molecule has 0 bridgehead atoms. The molecule has 88 valence electrons. The van der Waals surface area contributed by atoms with Gasteiger partial charge < -0.3 is 0 Å². The molecule has 7 heteroatoms. The van der Waals surface area contributed by atoms with Gasteiger partial charge in [-0.1, -0.05) is 6.07 Å². The maximum Gasteiger partial charge on any atom is 0.249 e. The Morgan fingerprint density at radius 3 is 2.38 bits per heavy atom. The molecule has 0 aliphatic carbocycles. The normalized spacial score (nSPS) is 17.9. The Bertz CT molecular complexity index is 478. The molecule has 0 aromatic heterocycles. The lowest BCUT2D eigenvalue weighted by Gasteiger charge is -2.15. The molecule has 0 radical (unpaired) electrons. The first kappa shape index (κ1) is 11.8. The molecule has 1 fully saturated rings. The third kappa shape index (κ3) is 1.94. The van der Waals surface area contributed by atoms with Crippen molar-refractivity contribution in [2.45, 2.75) is 4.90 Å². The van der Waals surface area contributed by atoms with Crippen LogP contribution in [0.25, 0.3) is 0 Å². The smallest absolute Gasteiger partial charge is 0.207 e. The van der Waals surface area contributed by atoms with Gasteiger partial charge in [-0.25, -0.2) is 17.2 Å². The van der Waals surface area contributed by atoms with Crippen molar-refractivity contribution in [1.82, 2.24) is 4.31 Å². The van der Waals surface area contributed by atoms with Crippen LogP contribution in [0.2, 0.25) is 0 Å². The van der Waals surface area contributed by atoms with Gasteiger partial charge in [-0.05, 0) is 12.1 Å². The topological polar surface area (TPSA) is 37.4 Å². The molecule has 1 aliphatic rings. The molecule has 1 aromatic rings. The number of nitrogens with zero attached hydrogens (tertiary/aromatic N) is 1. The van der Waals surface area contributed by atoms with E-state index in [4.69, 9.17) is 0 Å². The first-order valence-electron chi connectivity index (χ1n) is 4.55. The summed E-state index contributed by atoms with van der Waals surface area (Å²) in [5.74, 6) is -1.19. The zero-order valence-corrected chi connectivity index (χ0v) is 9.82. The molecule has 0 N–H and O–H groups in total. The molecule has 0 saturated carbocycles. The van der Waals surface area contributed by atoms with Gasteiger partial charge in [-0.15, -0.1) is 11.8 Å². The highest BCUT2D eigenvalue weighted by molar-refractivity contribution is 8.00. The predicted octanol–water partition coefficient (Wildman–Crippen LogP) is 1.66. The second-order valence-electron chi connectivity index (χ2n) is 3.27. The third-order valence-electron chi connectivity index (χ3n) is 2.24. The van der Waals surface area contributed by atoms with Gasteiger partial charge in [0.25, 0.3) is 0 Å². The van der Waals surface area contributed by atoms with E-state index in [1.807, 2.05) is 0 Å². The van der Waals surface area contributed by atoms with Gasteiger partial charge >= 0.3 is 0 Å². The number of hydrogen-bond acceptors (Lipinski definition) is 3. The average Bonchev–Trinajstić information content (AvgIpc) is 2.69. The van der Waals surface area contributed by atoms with E-state index in [1.54, 1.807) is 0 Å². The highest BCUT2D eigenvalue weighted by Gasteiger charge is 2.32. The van der Waals surface area contributed by atoms with E-state index in [2.05, 4.69) is 0 Å². The quantitative estimate of drug-likeness (QED) is 0.816. The largest absolute Gasteiger partial charge is 0.249 e. The molecule has 16 heavy (non-hydrogen) atoms. The van der Waals surface area contributed by atoms with Crippen molar-refractivity contribution in [3.8, 4) is 0 Å². The zero-order valence-electron chi connectivity index (χ0n) is 8.19.